The molecule has 1 atom stereocenters. The summed E-state index contributed by atoms with van der Waals surface area (Å²) in [6, 6.07) is 0. The summed E-state index contributed by atoms with van der Waals surface area (Å²) < 4.78 is 28.5. The second-order valence-electron chi connectivity index (χ2n) is 5.05. The number of hydrogen-bond donors (Lipinski definition) is 2. The zero-order chi connectivity index (χ0) is 14.3. The van der Waals surface area contributed by atoms with Crippen LogP contribution in [0.2, 0.25) is 0 Å². The van der Waals surface area contributed by atoms with E-state index in [2.05, 4.69) is 17.0 Å². The highest BCUT2D eigenvalue weighted by Gasteiger charge is 2.27. The third-order valence-corrected chi connectivity index (χ3v) is 6.10. The van der Waals surface area contributed by atoms with Crippen molar-refractivity contribution in [3.63, 3.8) is 0 Å². The van der Waals surface area contributed by atoms with E-state index in [-0.39, 0.29) is 0 Å². The Bertz CT molecular complexity index is 341. The molecule has 1 heterocycles. The van der Waals surface area contributed by atoms with Gasteiger partial charge in [0.1, 0.15) is 0 Å². The van der Waals surface area contributed by atoms with Crippen molar-refractivity contribution in [1.82, 2.24) is 14.3 Å². The molecule has 0 aromatic rings. The van der Waals surface area contributed by atoms with Gasteiger partial charge in [0.15, 0.2) is 0 Å². The molecule has 19 heavy (non-hydrogen) atoms. The average Bonchev–Trinajstić information content (AvgIpc) is 2.43. The summed E-state index contributed by atoms with van der Waals surface area (Å²) in [5.41, 5.74) is 0. The summed E-state index contributed by atoms with van der Waals surface area (Å²) in [5.74, 6) is 0.608. The van der Waals surface area contributed by atoms with Crippen molar-refractivity contribution in [2.45, 2.75) is 31.9 Å². The zero-order valence-corrected chi connectivity index (χ0v) is 13.8. The molecule has 7 heteroatoms. The second kappa shape index (κ2) is 8.46. The number of rotatable bonds is 8. The molecule has 0 aromatic carbocycles. The number of nitrogens with one attached hydrogen (secondary N) is 2. The normalized spacial score (nSPS) is 20.6. The fourth-order valence-electron chi connectivity index (χ4n) is 2.10. The zero-order valence-electron chi connectivity index (χ0n) is 12.2. The van der Waals surface area contributed by atoms with E-state index in [1.165, 1.54) is 0 Å². The van der Waals surface area contributed by atoms with Gasteiger partial charge in [-0.05, 0) is 38.1 Å². The predicted molar refractivity (Wildman–Crippen MR) is 82.7 cm³/mol. The van der Waals surface area contributed by atoms with Crippen molar-refractivity contribution in [2.24, 2.45) is 5.92 Å². The van der Waals surface area contributed by atoms with Crippen LogP contribution in [0.4, 0.5) is 0 Å². The van der Waals surface area contributed by atoms with Crippen LogP contribution in [-0.2, 0) is 10.2 Å². The quantitative estimate of drug-likeness (QED) is 0.699. The molecule has 0 radical (unpaired) electrons. The first kappa shape index (κ1) is 17.2. The van der Waals surface area contributed by atoms with E-state index in [1.54, 1.807) is 16.1 Å². The molecule has 1 rings (SSSR count). The van der Waals surface area contributed by atoms with Crippen LogP contribution < -0.4 is 10.0 Å². The number of hydrogen-bond acceptors (Lipinski definition) is 4. The predicted octanol–water partition coefficient (Wildman–Crippen LogP) is 0.894. The van der Waals surface area contributed by atoms with Gasteiger partial charge in [0.2, 0.25) is 0 Å². The van der Waals surface area contributed by atoms with E-state index in [1.807, 2.05) is 13.2 Å². The number of nitrogens with zero attached hydrogens (tertiary/aromatic N) is 1. The van der Waals surface area contributed by atoms with Crippen LogP contribution in [0.1, 0.15) is 26.7 Å². The molecule has 1 aliphatic heterocycles. The van der Waals surface area contributed by atoms with Crippen LogP contribution in [0, 0.1) is 5.92 Å². The minimum absolute atomic E-state index is 0.307. The van der Waals surface area contributed by atoms with Gasteiger partial charge in [0, 0.05) is 24.9 Å². The Hall–Kier alpha value is 0.180. The third-order valence-electron chi connectivity index (χ3n) is 3.55. The van der Waals surface area contributed by atoms with Crippen molar-refractivity contribution in [3.8, 4) is 0 Å². The van der Waals surface area contributed by atoms with Crippen LogP contribution in [0.25, 0.3) is 0 Å². The maximum atomic E-state index is 12.1. The van der Waals surface area contributed by atoms with E-state index in [0.717, 1.165) is 25.9 Å². The lowest BCUT2D eigenvalue weighted by atomic mass is 9.98. The van der Waals surface area contributed by atoms with Crippen LogP contribution in [0.15, 0.2) is 0 Å². The Labute approximate surface area is 122 Å². The SMILES string of the molecule is CCNCC1CCN(S(=O)(=O)NCC(C)SC)CC1. The standard InChI is InChI=1S/C12H27N3O2S2/c1-4-13-10-12-5-7-15(8-6-12)19(16,17)14-9-11(2)18-3/h11-14H,4-10H2,1-3H3. The van der Waals surface area contributed by atoms with Gasteiger partial charge in [-0.25, -0.2) is 4.72 Å². The van der Waals surface area contributed by atoms with Gasteiger partial charge in [-0.1, -0.05) is 13.8 Å². The van der Waals surface area contributed by atoms with E-state index in [0.29, 0.717) is 30.8 Å². The summed E-state index contributed by atoms with van der Waals surface area (Å²) in [6.07, 6.45) is 3.89. The first-order valence-corrected chi connectivity index (χ1v) is 9.70. The first-order chi connectivity index (χ1) is 8.99. The van der Waals surface area contributed by atoms with Crippen molar-refractivity contribution in [3.05, 3.63) is 0 Å². The van der Waals surface area contributed by atoms with Gasteiger partial charge in [-0.3, -0.25) is 0 Å². The molecule has 2 N–H and O–H groups in total. The lowest BCUT2D eigenvalue weighted by molar-refractivity contribution is 0.266. The lowest BCUT2D eigenvalue weighted by Gasteiger charge is -2.31. The summed E-state index contributed by atoms with van der Waals surface area (Å²) in [5, 5.41) is 3.64. The summed E-state index contributed by atoms with van der Waals surface area (Å²) in [7, 11) is -3.28. The molecule has 114 valence electrons. The highest BCUT2D eigenvalue weighted by atomic mass is 32.2. The fourth-order valence-corrected chi connectivity index (χ4v) is 3.79. The molecule has 1 fully saturated rings. The van der Waals surface area contributed by atoms with Crippen LogP contribution >= 0.6 is 11.8 Å². The Morgan fingerprint density at radius 3 is 2.53 bits per heavy atom. The summed E-state index contributed by atoms with van der Waals surface area (Å²) in [6.45, 7) is 7.87. The molecular weight excluding hydrogens is 282 g/mol. The molecule has 0 amide bonds. The summed E-state index contributed by atoms with van der Waals surface area (Å²) >= 11 is 1.67. The Kier molecular flexibility index (Phi) is 7.68. The van der Waals surface area contributed by atoms with Gasteiger partial charge in [0.25, 0.3) is 10.2 Å². The van der Waals surface area contributed by atoms with E-state index >= 15 is 0 Å². The number of piperidine rings is 1. The first-order valence-electron chi connectivity index (χ1n) is 6.97. The Morgan fingerprint density at radius 2 is 2.00 bits per heavy atom. The average molecular weight is 310 g/mol. The molecular formula is C12H27N3O2S2. The van der Waals surface area contributed by atoms with Gasteiger partial charge < -0.3 is 5.32 Å². The molecule has 0 spiro atoms. The van der Waals surface area contributed by atoms with Crippen LogP contribution in [0.5, 0.6) is 0 Å². The van der Waals surface area contributed by atoms with Gasteiger partial charge in [0.05, 0.1) is 0 Å². The Balaban J connectivity index is 2.36. The molecule has 5 nitrogen and oxygen atoms in total. The fraction of sp³-hybridized carbons (Fsp3) is 1.00. The topological polar surface area (TPSA) is 61.4 Å². The van der Waals surface area contributed by atoms with Crippen molar-refractivity contribution < 1.29 is 8.42 Å². The van der Waals surface area contributed by atoms with Crippen molar-refractivity contribution in [2.75, 3.05) is 39.0 Å². The Morgan fingerprint density at radius 1 is 1.37 bits per heavy atom. The molecule has 1 aliphatic rings. The highest BCUT2D eigenvalue weighted by molar-refractivity contribution is 7.99. The highest BCUT2D eigenvalue weighted by Crippen LogP contribution is 2.18. The molecule has 0 aliphatic carbocycles. The van der Waals surface area contributed by atoms with Crippen LogP contribution in [-0.4, -0.2) is 57.0 Å². The maximum absolute atomic E-state index is 12.1. The summed E-state index contributed by atoms with van der Waals surface area (Å²) in [4.78, 5) is 0. The largest absolute Gasteiger partial charge is 0.317 e. The molecule has 0 bridgehead atoms. The van der Waals surface area contributed by atoms with Crippen molar-refractivity contribution >= 4 is 22.0 Å². The minimum Gasteiger partial charge on any atom is -0.317 e. The molecule has 0 saturated carbocycles. The van der Waals surface area contributed by atoms with E-state index < -0.39 is 10.2 Å². The van der Waals surface area contributed by atoms with Crippen LogP contribution in [0.3, 0.4) is 0 Å². The maximum Gasteiger partial charge on any atom is 0.279 e. The van der Waals surface area contributed by atoms with E-state index in [9.17, 15) is 8.42 Å². The van der Waals surface area contributed by atoms with E-state index in [4.69, 9.17) is 0 Å². The number of thioether (sulfide) groups is 1. The minimum atomic E-state index is -3.28. The van der Waals surface area contributed by atoms with Gasteiger partial charge in [-0.15, -0.1) is 0 Å². The molecule has 1 unspecified atom stereocenters. The van der Waals surface area contributed by atoms with Gasteiger partial charge >= 0.3 is 0 Å². The molecule has 0 aromatic heterocycles. The molecule has 1 saturated heterocycles. The smallest absolute Gasteiger partial charge is 0.279 e. The van der Waals surface area contributed by atoms with Gasteiger partial charge in [-0.2, -0.15) is 24.5 Å². The second-order valence-corrected chi connectivity index (χ2v) is 8.08. The monoisotopic (exact) mass is 309 g/mol. The lowest BCUT2D eigenvalue weighted by Crippen LogP contribution is -2.47. The van der Waals surface area contributed by atoms with Crippen molar-refractivity contribution in [1.29, 1.82) is 0 Å². The third kappa shape index (κ3) is 5.99.